The van der Waals surface area contributed by atoms with Crippen molar-refractivity contribution in [2.24, 2.45) is 0 Å². The minimum atomic E-state index is -0.655. The average molecular weight is 601 g/mol. The van der Waals surface area contributed by atoms with E-state index in [1.165, 1.54) is 17.0 Å². The molecule has 228 valence electrons. The molecule has 11 nitrogen and oxygen atoms in total. The molecule has 0 aliphatic heterocycles. The van der Waals surface area contributed by atoms with Gasteiger partial charge in [-0.15, -0.1) is 0 Å². The largest absolute Gasteiger partial charge is 0.395 e. The summed E-state index contributed by atoms with van der Waals surface area (Å²) in [7, 11) is 0. The number of fused-ring (bicyclic) bond motifs is 1. The highest BCUT2D eigenvalue weighted by molar-refractivity contribution is 5.99. The fourth-order valence-corrected chi connectivity index (χ4v) is 4.65. The van der Waals surface area contributed by atoms with E-state index < -0.39 is 11.8 Å². The molecule has 0 atom stereocenters. The van der Waals surface area contributed by atoms with Gasteiger partial charge in [0.25, 0.3) is 5.91 Å². The summed E-state index contributed by atoms with van der Waals surface area (Å²) in [4.78, 5) is 31.1. The molecule has 5 rings (SSSR count). The fraction of sp³-hybridized carbons (Fsp3) is 0.250. The standard InChI is InChI=1S/C32H33FN6O5/c1-32(2,3)27-18-28(37-44-27)36-31(43)35-25-9-8-23(16-24(25)33)26-19-34-29-17-22(10-11-39(26)29)20-4-6-21(7-5-20)30(42)38(12-14-40)13-15-41/h4-11,16-19,40-41H,12-15H2,1-3H3,(H2,35,36,37,43). The first-order valence-corrected chi connectivity index (χ1v) is 14.0. The number of aliphatic hydroxyl groups excluding tert-OH is 2. The van der Waals surface area contributed by atoms with Crippen LogP contribution in [-0.2, 0) is 5.41 Å². The van der Waals surface area contributed by atoms with Crippen LogP contribution >= 0.6 is 0 Å². The maximum absolute atomic E-state index is 15.1. The minimum Gasteiger partial charge on any atom is -0.395 e. The normalized spacial score (nSPS) is 11.5. The van der Waals surface area contributed by atoms with Crippen LogP contribution in [0.25, 0.3) is 28.0 Å². The molecule has 44 heavy (non-hydrogen) atoms. The number of pyridine rings is 1. The second kappa shape index (κ2) is 12.7. The van der Waals surface area contributed by atoms with E-state index in [0.29, 0.717) is 28.2 Å². The van der Waals surface area contributed by atoms with Gasteiger partial charge in [-0.05, 0) is 47.5 Å². The number of nitrogens with zero attached hydrogens (tertiary/aromatic N) is 4. The Hall–Kier alpha value is -5.07. The number of hydrogen-bond donors (Lipinski definition) is 4. The molecule has 3 heterocycles. The molecule has 0 aliphatic carbocycles. The lowest BCUT2D eigenvalue weighted by molar-refractivity contribution is 0.0685. The molecule has 3 aromatic heterocycles. The first-order chi connectivity index (χ1) is 21.1. The van der Waals surface area contributed by atoms with Gasteiger partial charge in [0.2, 0.25) is 0 Å². The van der Waals surface area contributed by atoms with Gasteiger partial charge in [0.05, 0.1) is 30.8 Å². The van der Waals surface area contributed by atoms with Crippen LogP contribution in [0.15, 0.2) is 77.6 Å². The number of nitrogens with one attached hydrogen (secondary N) is 2. The minimum absolute atomic E-state index is 0.000308. The van der Waals surface area contributed by atoms with Gasteiger partial charge in [0.1, 0.15) is 17.2 Å². The number of benzene rings is 2. The van der Waals surface area contributed by atoms with Gasteiger partial charge >= 0.3 is 6.03 Å². The van der Waals surface area contributed by atoms with Gasteiger partial charge in [-0.3, -0.25) is 14.5 Å². The van der Waals surface area contributed by atoms with Crippen molar-refractivity contribution < 1.29 is 28.7 Å². The van der Waals surface area contributed by atoms with E-state index in [9.17, 15) is 19.8 Å². The van der Waals surface area contributed by atoms with Gasteiger partial charge in [0, 0.05) is 41.9 Å². The number of rotatable bonds is 9. The van der Waals surface area contributed by atoms with E-state index in [4.69, 9.17) is 4.52 Å². The van der Waals surface area contributed by atoms with Gasteiger partial charge in [-0.1, -0.05) is 44.1 Å². The van der Waals surface area contributed by atoms with E-state index in [0.717, 1.165) is 11.1 Å². The molecule has 0 saturated heterocycles. The predicted octanol–water partition coefficient (Wildman–Crippen LogP) is 5.16. The zero-order valence-electron chi connectivity index (χ0n) is 24.5. The van der Waals surface area contributed by atoms with Crippen molar-refractivity contribution >= 4 is 29.1 Å². The Labute approximate surface area is 252 Å². The highest BCUT2D eigenvalue weighted by Gasteiger charge is 2.21. The Bertz CT molecular complexity index is 1790. The Morgan fingerprint density at radius 3 is 2.27 bits per heavy atom. The third-order valence-electron chi connectivity index (χ3n) is 7.01. The van der Waals surface area contributed by atoms with E-state index in [1.807, 2.05) is 55.6 Å². The van der Waals surface area contributed by atoms with Gasteiger partial charge in [-0.2, -0.15) is 0 Å². The molecule has 12 heteroatoms. The van der Waals surface area contributed by atoms with Gasteiger partial charge < -0.3 is 25.0 Å². The Morgan fingerprint density at radius 2 is 1.64 bits per heavy atom. The molecule has 3 amide bonds. The van der Waals surface area contributed by atoms with Crippen molar-refractivity contribution in [2.45, 2.75) is 26.2 Å². The fourth-order valence-electron chi connectivity index (χ4n) is 4.65. The summed E-state index contributed by atoms with van der Waals surface area (Å²) in [6, 6.07) is 16.3. The number of aromatic nitrogens is 3. The lowest BCUT2D eigenvalue weighted by atomic mass is 9.93. The zero-order chi connectivity index (χ0) is 31.4. The molecule has 5 aromatic rings. The van der Waals surface area contributed by atoms with Crippen molar-refractivity contribution in [3.8, 4) is 22.4 Å². The van der Waals surface area contributed by atoms with E-state index in [1.54, 1.807) is 30.5 Å². The summed E-state index contributed by atoms with van der Waals surface area (Å²) in [6.45, 7) is 5.77. The molecule has 0 spiro atoms. The predicted molar refractivity (Wildman–Crippen MR) is 164 cm³/mol. The second-order valence-corrected chi connectivity index (χ2v) is 11.2. The summed E-state index contributed by atoms with van der Waals surface area (Å²) in [5.74, 6) is -0.0612. The molecule has 0 aliphatic rings. The topological polar surface area (TPSA) is 145 Å². The van der Waals surface area contributed by atoms with E-state index >= 15 is 4.39 Å². The van der Waals surface area contributed by atoms with Crippen LogP contribution in [0.1, 0.15) is 36.9 Å². The van der Waals surface area contributed by atoms with Crippen LogP contribution in [0, 0.1) is 5.82 Å². The highest BCUT2D eigenvalue weighted by atomic mass is 19.1. The van der Waals surface area contributed by atoms with Crippen molar-refractivity contribution in [1.82, 2.24) is 19.4 Å². The third-order valence-corrected chi connectivity index (χ3v) is 7.01. The number of amides is 3. The molecule has 0 saturated carbocycles. The van der Waals surface area contributed by atoms with E-state index in [2.05, 4.69) is 20.8 Å². The third kappa shape index (κ3) is 6.61. The number of anilines is 2. The average Bonchev–Trinajstić information content (AvgIpc) is 3.65. The maximum atomic E-state index is 15.1. The molecular formula is C32H33FN6O5. The van der Waals surface area contributed by atoms with Gasteiger partial charge in [0.15, 0.2) is 5.82 Å². The number of halogens is 1. The van der Waals surface area contributed by atoms with Crippen molar-refractivity contribution in [3.63, 3.8) is 0 Å². The zero-order valence-corrected chi connectivity index (χ0v) is 24.5. The molecule has 0 bridgehead atoms. The van der Waals surface area contributed by atoms with E-state index in [-0.39, 0.29) is 49.1 Å². The number of carbonyl (C=O) groups excluding carboxylic acids is 2. The summed E-state index contributed by atoms with van der Waals surface area (Å²) >= 11 is 0. The summed E-state index contributed by atoms with van der Waals surface area (Å²) in [5.41, 5.74) is 3.78. The maximum Gasteiger partial charge on any atom is 0.325 e. The quantitative estimate of drug-likeness (QED) is 0.183. The highest BCUT2D eigenvalue weighted by Crippen LogP contribution is 2.29. The summed E-state index contributed by atoms with van der Waals surface area (Å²) < 4.78 is 22.1. The Morgan fingerprint density at radius 1 is 0.932 bits per heavy atom. The molecular weight excluding hydrogens is 567 g/mol. The van der Waals surface area contributed by atoms with Crippen LogP contribution in [0.5, 0.6) is 0 Å². The summed E-state index contributed by atoms with van der Waals surface area (Å²) in [5, 5.41) is 27.3. The number of carbonyl (C=O) groups is 2. The van der Waals surface area contributed by atoms with Gasteiger partial charge in [-0.25, -0.2) is 14.2 Å². The van der Waals surface area contributed by atoms with Crippen molar-refractivity contribution in [3.05, 3.63) is 90.2 Å². The first-order valence-electron chi connectivity index (χ1n) is 14.0. The number of aliphatic hydroxyl groups is 2. The Kier molecular flexibility index (Phi) is 8.74. The van der Waals surface area contributed by atoms with Crippen LogP contribution in [0.3, 0.4) is 0 Å². The lowest BCUT2D eigenvalue weighted by Gasteiger charge is -2.20. The molecule has 4 N–H and O–H groups in total. The smallest absolute Gasteiger partial charge is 0.325 e. The number of hydrogen-bond acceptors (Lipinski definition) is 7. The molecule has 2 aromatic carbocycles. The second-order valence-electron chi connectivity index (χ2n) is 11.2. The lowest BCUT2D eigenvalue weighted by Crippen LogP contribution is -2.35. The SMILES string of the molecule is CC(C)(C)c1cc(NC(=O)Nc2ccc(-c3cnc4cc(-c5ccc(C(=O)N(CCO)CCO)cc5)ccn34)cc2F)no1. The number of urea groups is 1. The van der Waals surface area contributed by atoms with Crippen molar-refractivity contribution in [1.29, 1.82) is 0 Å². The van der Waals surface area contributed by atoms with Crippen LogP contribution < -0.4 is 10.6 Å². The summed E-state index contributed by atoms with van der Waals surface area (Å²) in [6.07, 6.45) is 3.47. The molecule has 0 fully saturated rings. The molecule has 0 radical (unpaired) electrons. The Balaban J connectivity index is 1.29. The number of imidazole rings is 1. The monoisotopic (exact) mass is 600 g/mol. The van der Waals surface area contributed by atoms with Crippen LogP contribution in [0.4, 0.5) is 20.7 Å². The van der Waals surface area contributed by atoms with Crippen LogP contribution in [0.2, 0.25) is 0 Å². The van der Waals surface area contributed by atoms with Crippen LogP contribution in [-0.4, -0.2) is 67.9 Å². The molecule has 0 unspecified atom stereocenters. The first kappa shape index (κ1) is 30.4. The van der Waals surface area contributed by atoms with Crippen molar-refractivity contribution in [2.75, 3.05) is 36.9 Å².